The van der Waals surface area contributed by atoms with E-state index in [9.17, 15) is 0 Å². The minimum atomic E-state index is -2.40. The molecule has 0 aromatic heterocycles. The van der Waals surface area contributed by atoms with Gasteiger partial charge in [-0.05, 0) is 17.6 Å². The summed E-state index contributed by atoms with van der Waals surface area (Å²) in [5.74, 6) is 2.02. The molecule has 6 heteroatoms. The highest BCUT2D eigenvalue weighted by Gasteiger charge is 2.15. The topological polar surface area (TPSA) is 27.7 Å². The summed E-state index contributed by atoms with van der Waals surface area (Å²) in [6.45, 7) is 0.298. The van der Waals surface area contributed by atoms with Crippen LogP contribution in [0.3, 0.4) is 0 Å². The normalized spacial score (nSPS) is 11.9. The van der Waals surface area contributed by atoms with Crippen molar-refractivity contribution >= 4 is 30.3 Å². The molecule has 0 radical (unpaired) electrons. The van der Waals surface area contributed by atoms with Crippen molar-refractivity contribution in [2.24, 2.45) is 0 Å². The van der Waals surface area contributed by atoms with Crippen LogP contribution >= 0.6 is 18.5 Å². The Morgan fingerprint density at radius 1 is 1.33 bits per heavy atom. The van der Waals surface area contributed by atoms with Crippen LogP contribution in [0.25, 0.3) is 0 Å². The molecular formula is C6H15O3PS2. The molecule has 74 valence electrons. The Hall–Kier alpha value is 0.880. The van der Waals surface area contributed by atoms with Crippen molar-refractivity contribution in [3.63, 3.8) is 0 Å². The van der Waals surface area contributed by atoms with Crippen LogP contribution in [-0.4, -0.2) is 32.3 Å². The van der Waals surface area contributed by atoms with E-state index in [4.69, 9.17) is 25.4 Å². The third kappa shape index (κ3) is 5.51. The molecular weight excluding hydrogens is 215 g/mol. The van der Waals surface area contributed by atoms with Gasteiger partial charge in [0.15, 0.2) is 0 Å². The molecule has 0 unspecified atom stereocenters. The molecule has 0 saturated carbocycles. The van der Waals surface area contributed by atoms with E-state index in [1.165, 1.54) is 14.2 Å². The summed E-state index contributed by atoms with van der Waals surface area (Å²) in [5.41, 5.74) is 0. The van der Waals surface area contributed by atoms with Crippen molar-refractivity contribution in [1.82, 2.24) is 0 Å². The van der Waals surface area contributed by atoms with E-state index in [1.807, 2.05) is 0 Å². The van der Waals surface area contributed by atoms with Crippen LogP contribution in [0.5, 0.6) is 0 Å². The molecule has 0 saturated heterocycles. The molecule has 0 aromatic rings. The molecule has 0 aliphatic heterocycles. The fourth-order valence-corrected chi connectivity index (χ4v) is 2.04. The summed E-state index contributed by atoms with van der Waals surface area (Å²) in [6, 6.07) is 0. The molecule has 0 aromatic carbocycles. The van der Waals surface area contributed by atoms with Gasteiger partial charge in [-0.3, -0.25) is 0 Å². The maximum Gasteiger partial charge on any atom is 0.326 e. The van der Waals surface area contributed by atoms with Gasteiger partial charge in [0.05, 0.1) is 6.61 Å². The van der Waals surface area contributed by atoms with Crippen LogP contribution in [-0.2, 0) is 25.4 Å². The lowest BCUT2D eigenvalue weighted by Gasteiger charge is -2.16. The Bertz CT molecular complexity index is 146. The first kappa shape index (κ1) is 12.9. The number of thioether (sulfide) groups is 1. The molecule has 0 aliphatic rings. The molecule has 0 atom stereocenters. The molecule has 0 N–H and O–H groups in total. The quantitative estimate of drug-likeness (QED) is 0.494. The lowest BCUT2D eigenvalue weighted by atomic mass is 10.9. The Kier molecular flexibility index (Phi) is 7.83. The van der Waals surface area contributed by atoms with Crippen LogP contribution in [0.4, 0.5) is 0 Å². The largest absolute Gasteiger partial charge is 0.326 e. The number of hydrogen-bond donors (Lipinski definition) is 0. The summed E-state index contributed by atoms with van der Waals surface area (Å²) < 4.78 is 15.2. The molecule has 0 heterocycles. The van der Waals surface area contributed by atoms with Gasteiger partial charge in [-0.1, -0.05) is 6.92 Å². The van der Waals surface area contributed by atoms with Crippen LogP contribution in [0.1, 0.15) is 6.92 Å². The fourth-order valence-electron chi connectivity index (χ4n) is 0.532. The number of hydrogen-bond acceptors (Lipinski definition) is 5. The van der Waals surface area contributed by atoms with Crippen molar-refractivity contribution in [1.29, 1.82) is 0 Å². The fraction of sp³-hybridized carbons (Fsp3) is 1.00. The molecule has 0 aliphatic carbocycles. The van der Waals surface area contributed by atoms with Crippen molar-refractivity contribution < 1.29 is 13.6 Å². The van der Waals surface area contributed by atoms with E-state index in [0.29, 0.717) is 6.61 Å². The van der Waals surface area contributed by atoms with Crippen LogP contribution in [0.15, 0.2) is 0 Å². The Balaban J connectivity index is 3.52. The van der Waals surface area contributed by atoms with Crippen molar-refractivity contribution in [3.8, 4) is 0 Å². The van der Waals surface area contributed by atoms with E-state index in [0.717, 1.165) is 11.5 Å². The Morgan fingerprint density at radius 2 is 1.92 bits per heavy atom. The van der Waals surface area contributed by atoms with Crippen LogP contribution in [0, 0.1) is 0 Å². The standard InChI is InChI=1S/C6H15O3PS2/c1-4-12-6-5-9-10(11,7-2)8-3/h4-6H2,1-3H3. The minimum Gasteiger partial charge on any atom is -0.312 e. The molecule has 0 bridgehead atoms. The third-order valence-corrected chi connectivity index (χ3v) is 4.60. The lowest BCUT2D eigenvalue weighted by molar-refractivity contribution is 0.212. The van der Waals surface area contributed by atoms with E-state index >= 15 is 0 Å². The summed E-state index contributed by atoms with van der Waals surface area (Å²) in [6.07, 6.45) is 0. The first-order valence-corrected chi connectivity index (χ1v) is 7.33. The van der Waals surface area contributed by atoms with E-state index in [2.05, 4.69) is 6.92 Å². The van der Waals surface area contributed by atoms with E-state index < -0.39 is 6.72 Å². The third-order valence-electron chi connectivity index (χ3n) is 1.13. The predicted molar refractivity (Wildman–Crippen MR) is 57.3 cm³/mol. The summed E-state index contributed by atoms with van der Waals surface area (Å²) in [5, 5.41) is 0. The van der Waals surface area contributed by atoms with Crippen molar-refractivity contribution in [2.75, 3.05) is 32.3 Å². The smallest absolute Gasteiger partial charge is 0.312 e. The molecule has 12 heavy (non-hydrogen) atoms. The highest BCUT2D eigenvalue weighted by atomic mass is 32.5. The molecule has 0 rings (SSSR count). The molecule has 0 spiro atoms. The van der Waals surface area contributed by atoms with Gasteiger partial charge in [-0.2, -0.15) is 11.8 Å². The van der Waals surface area contributed by atoms with Gasteiger partial charge in [0.1, 0.15) is 0 Å². The van der Waals surface area contributed by atoms with E-state index in [1.54, 1.807) is 11.8 Å². The van der Waals surface area contributed by atoms with Crippen LogP contribution in [0.2, 0.25) is 0 Å². The average molecular weight is 230 g/mol. The monoisotopic (exact) mass is 230 g/mol. The van der Waals surface area contributed by atoms with Crippen LogP contribution < -0.4 is 0 Å². The SMILES string of the molecule is CCSCCOP(=S)(OC)OC. The maximum atomic E-state index is 5.29. The van der Waals surface area contributed by atoms with E-state index in [-0.39, 0.29) is 0 Å². The Morgan fingerprint density at radius 3 is 2.33 bits per heavy atom. The summed E-state index contributed by atoms with van der Waals surface area (Å²) in [4.78, 5) is 0. The molecule has 3 nitrogen and oxygen atoms in total. The van der Waals surface area contributed by atoms with Crippen molar-refractivity contribution in [3.05, 3.63) is 0 Å². The summed E-state index contributed by atoms with van der Waals surface area (Å²) >= 11 is 6.79. The highest BCUT2D eigenvalue weighted by molar-refractivity contribution is 8.07. The van der Waals surface area contributed by atoms with Gasteiger partial charge in [-0.25, -0.2) is 0 Å². The lowest BCUT2D eigenvalue weighted by Crippen LogP contribution is -1.98. The van der Waals surface area contributed by atoms with Gasteiger partial charge in [-0.15, -0.1) is 0 Å². The first-order chi connectivity index (χ1) is 5.68. The highest BCUT2D eigenvalue weighted by Crippen LogP contribution is 2.47. The summed E-state index contributed by atoms with van der Waals surface area (Å²) in [7, 11) is 3.02. The Labute approximate surface area is 83.4 Å². The second kappa shape index (κ2) is 7.30. The zero-order valence-corrected chi connectivity index (χ0v) is 10.1. The van der Waals surface area contributed by atoms with Gasteiger partial charge in [0, 0.05) is 20.0 Å². The number of rotatable bonds is 7. The van der Waals surface area contributed by atoms with Crippen molar-refractivity contribution in [2.45, 2.75) is 6.92 Å². The van der Waals surface area contributed by atoms with Gasteiger partial charge >= 0.3 is 6.72 Å². The second-order valence-corrected chi connectivity index (χ2v) is 6.46. The van der Waals surface area contributed by atoms with Gasteiger partial charge in [0.2, 0.25) is 0 Å². The minimum absolute atomic E-state index is 0.595. The average Bonchev–Trinajstić information content (AvgIpc) is 2.12. The first-order valence-electron chi connectivity index (χ1n) is 3.62. The zero-order chi connectivity index (χ0) is 9.45. The predicted octanol–water partition coefficient (Wildman–Crippen LogP) is 2.27. The second-order valence-electron chi connectivity index (χ2n) is 1.84. The molecule has 0 fully saturated rings. The maximum absolute atomic E-state index is 5.29. The zero-order valence-electron chi connectivity index (χ0n) is 7.61. The van der Waals surface area contributed by atoms with Gasteiger partial charge < -0.3 is 13.6 Å². The van der Waals surface area contributed by atoms with Gasteiger partial charge in [0.25, 0.3) is 0 Å². The molecule has 0 amide bonds.